The Balaban J connectivity index is 1.86. The smallest absolute Gasteiger partial charge is 0.251 e. The first-order valence-corrected chi connectivity index (χ1v) is 7.84. The maximum absolute atomic E-state index is 12.1. The van der Waals surface area contributed by atoms with Gasteiger partial charge >= 0.3 is 0 Å². The van der Waals surface area contributed by atoms with Crippen molar-refractivity contribution in [1.29, 1.82) is 0 Å². The van der Waals surface area contributed by atoms with Crippen LogP contribution in [-0.2, 0) is 6.54 Å². The molecule has 124 valence electrons. The van der Waals surface area contributed by atoms with Gasteiger partial charge in [0.25, 0.3) is 5.91 Å². The van der Waals surface area contributed by atoms with E-state index in [0.29, 0.717) is 17.6 Å². The number of hydrogen-bond donors (Lipinski definition) is 1. The fourth-order valence-corrected chi connectivity index (χ4v) is 2.52. The predicted octanol–water partition coefficient (Wildman–Crippen LogP) is 2.63. The van der Waals surface area contributed by atoms with Gasteiger partial charge in [0, 0.05) is 11.6 Å². The molecule has 0 aliphatic carbocycles. The van der Waals surface area contributed by atoms with Crippen molar-refractivity contribution >= 4 is 16.9 Å². The van der Waals surface area contributed by atoms with Gasteiger partial charge in [-0.25, -0.2) is 4.68 Å². The number of nitrogens with one attached hydrogen (secondary N) is 1. The molecule has 1 amide bonds. The standard InChI is InChI=1S/C18H20N4O2/c1-12(2)19-18(23)14-7-8-17-16(10-14)20-21-22(17)11-13-5-4-6-15(9-13)24-3/h4-10,12H,11H2,1-3H3,(H,19,23). The summed E-state index contributed by atoms with van der Waals surface area (Å²) in [5, 5.41) is 11.3. The van der Waals surface area contributed by atoms with Gasteiger partial charge in [0.05, 0.1) is 19.2 Å². The topological polar surface area (TPSA) is 69.0 Å². The van der Waals surface area contributed by atoms with Crippen molar-refractivity contribution in [2.45, 2.75) is 26.4 Å². The van der Waals surface area contributed by atoms with Gasteiger partial charge in [0.15, 0.2) is 0 Å². The second-order valence-electron chi connectivity index (χ2n) is 5.93. The van der Waals surface area contributed by atoms with Crippen molar-refractivity contribution in [1.82, 2.24) is 20.3 Å². The molecule has 2 aromatic carbocycles. The molecule has 0 aliphatic rings. The van der Waals surface area contributed by atoms with Gasteiger partial charge < -0.3 is 10.1 Å². The first kappa shape index (κ1) is 16.0. The van der Waals surface area contributed by atoms with Gasteiger partial charge in [-0.3, -0.25) is 4.79 Å². The number of hydrogen-bond acceptors (Lipinski definition) is 4. The third-order valence-corrected chi connectivity index (χ3v) is 3.66. The molecule has 0 spiro atoms. The molecule has 0 fully saturated rings. The Morgan fingerprint density at radius 2 is 2.08 bits per heavy atom. The lowest BCUT2D eigenvalue weighted by atomic mass is 10.1. The van der Waals surface area contributed by atoms with E-state index in [1.54, 1.807) is 19.2 Å². The minimum absolute atomic E-state index is 0.0944. The molecule has 6 nitrogen and oxygen atoms in total. The van der Waals surface area contributed by atoms with Gasteiger partial charge in [-0.05, 0) is 49.7 Å². The van der Waals surface area contributed by atoms with Gasteiger partial charge in [0.2, 0.25) is 0 Å². The summed E-state index contributed by atoms with van der Waals surface area (Å²) in [6, 6.07) is 13.4. The van der Waals surface area contributed by atoms with Crippen LogP contribution in [0.4, 0.5) is 0 Å². The molecule has 3 rings (SSSR count). The van der Waals surface area contributed by atoms with Crippen LogP contribution in [0.15, 0.2) is 42.5 Å². The molecule has 3 aromatic rings. The Morgan fingerprint density at radius 1 is 1.25 bits per heavy atom. The van der Waals surface area contributed by atoms with E-state index in [9.17, 15) is 4.79 Å². The molecular weight excluding hydrogens is 304 g/mol. The first-order valence-electron chi connectivity index (χ1n) is 7.84. The number of rotatable bonds is 5. The number of fused-ring (bicyclic) bond motifs is 1. The molecule has 1 heterocycles. The van der Waals surface area contributed by atoms with Gasteiger partial charge in [-0.1, -0.05) is 17.3 Å². The number of carbonyl (C=O) groups is 1. The summed E-state index contributed by atoms with van der Waals surface area (Å²) >= 11 is 0. The summed E-state index contributed by atoms with van der Waals surface area (Å²) in [6.45, 7) is 4.45. The quantitative estimate of drug-likeness (QED) is 0.783. The highest BCUT2D eigenvalue weighted by atomic mass is 16.5. The Morgan fingerprint density at radius 3 is 2.83 bits per heavy atom. The van der Waals surface area contributed by atoms with Crippen molar-refractivity contribution in [3.05, 3.63) is 53.6 Å². The van der Waals surface area contributed by atoms with Crippen molar-refractivity contribution in [2.24, 2.45) is 0 Å². The molecule has 6 heteroatoms. The van der Waals surface area contributed by atoms with Crippen LogP contribution >= 0.6 is 0 Å². The lowest BCUT2D eigenvalue weighted by Crippen LogP contribution is -2.29. The summed E-state index contributed by atoms with van der Waals surface area (Å²) in [5.74, 6) is 0.707. The van der Waals surface area contributed by atoms with E-state index < -0.39 is 0 Å². The van der Waals surface area contributed by atoms with Gasteiger partial charge in [-0.15, -0.1) is 5.10 Å². The SMILES string of the molecule is COc1cccc(Cn2nnc3cc(C(=O)NC(C)C)ccc32)c1. The third-order valence-electron chi connectivity index (χ3n) is 3.66. The zero-order valence-electron chi connectivity index (χ0n) is 14.0. The third kappa shape index (κ3) is 3.37. The van der Waals surface area contributed by atoms with Gasteiger partial charge in [0.1, 0.15) is 11.3 Å². The average molecular weight is 324 g/mol. The summed E-state index contributed by atoms with van der Waals surface area (Å²) in [7, 11) is 1.65. The number of amides is 1. The van der Waals surface area contributed by atoms with E-state index in [1.807, 2.05) is 48.9 Å². The van der Waals surface area contributed by atoms with E-state index in [-0.39, 0.29) is 11.9 Å². The van der Waals surface area contributed by atoms with Crippen molar-refractivity contribution in [3.8, 4) is 5.75 Å². The van der Waals surface area contributed by atoms with Crippen molar-refractivity contribution < 1.29 is 9.53 Å². The monoisotopic (exact) mass is 324 g/mol. The summed E-state index contributed by atoms with van der Waals surface area (Å²) in [4.78, 5) is 12.1. The molecule has 0 saturated carbocycles. The number of nitrogens with zero attached hydrogens (tertiary/aromatic N) is 3. The molecule has 1 aromatic heterocycles. The zero-order valence-corrected chi connectivity index (χ0v) is 14.0. The van der Waals surface area contributed by atoms with Crippen LogP contribution in [0.5, 0.6) is 5.75 Å². The lowest BCUT2D eigenvalue weighted by molar-refractivity contribution is 0.0943. The minimum Gasteiger partial charge on any atom is -0.497 e. The molecule has 24 heavy (non-hydrogen) atoms. The maximum Gasteiger partial charge on any atom is 0.251 e. The molecule has 0 radical (unpaired) electrons. The zero-order chi connectivity index (χ0) is 17.1. The number of ether oxygens (including phenoxy) is 1. The fraction of sp³-hybridized carbons (Fsp3) is 0.278. The largest absolute Gasteiger partial charge is 0.497 e. The maximum atomic E-state index is 12.1. The predicted molar refractivity (Wildman–Crippen MR) is 92.2 cm³/mol. The molecule has 0 atom stereocenters. The molecule has 0 bridgehead atoms. The van der Waals surface area contributed by atoms with E-state index in [1.165, 1.54) is 0 Å². The molecular formula is C18H20N4O2. The number of methoxy groups -OCH3 is 1. The Hall–Kier alpha value is -2.89. The molecule has 0 unspecified atom stereocenters. The van der Waals surface area contributed by atoms with Crippen LogP contribution < -0.4 is 10.1 Å². The highest BCUT2D eigenvalue weighted by Crippen LogP contribution is 2.17. The van der Waals surface area contributed by atoms with E-state index in [0.717, 1.165) is 16.8 Å². The Kier molecular flexibility index (Phi) is 4.46. The Labute approximate surface area is 140 Å². The summed E-state index contributed by atoms with van der Waals surface area (Å²) < 4.78 is 7.06. The molecule has 0 saturated heterocycles. The fourth-order valence-electron chi connectivity index (χ4n) is 2.52. The highest BCUT2D eigenvalue weighted by Gasteiger charge is 2.11. The van der Waals surface area contributed by atoms with Crippen LogP contribution in [0.3, 0.4) is 0 Å². The van der Waals surface area contributed by atoms with E-state index in [2.05, 4.69) is 15.6 Å². The van der Waals surface area contributed by atoms with Crippen LogP contribution in [0.1, 0.15) is 29.8 Å². The molecule has 0 aliphatic heterocycles. The number of aromatic nitrogens is 3. The van der Waals surface area contributed by atoms with Crippen LogP contribution in [0.25, 0.3) is 11.0 Å². The van der Waals surface area contributed by atoms with Crippen molar-refractivity contribution in [2.75, 3.05) is 7.11 Å². The van der Waals surface area contributed by atoms with Crippen molar-refractivity contribution in [3.63, 3.8) is 0 Å². The first-order chi connectivity index (χ1) is 11.6. The summed E-state index contributed by atoms with van der Waals surface area (Å²) in [6.07, 6.45) is 0. The minimum atomic E-state index is -0.103. The highest BCUT2D eigenvalue weighted by molar-refractivity contribution is 5.97. The number of carbonyl (C=O) groups excluding carboxylic acids is 1. The summed E-state index contributed by atoms with van der Waals surface area (Å²) in [5.41, 5.74) is 3.25. The second kappa shape index (κ2) is 6.70. The normalized spacial score (nSPS) is 11.0. The van der Waals surface area contributed by atoms with Gasteiger partial charge in [-0.2, -0.15) is 0 Å². The number of benzene rings is 2. The average Bonchev–Trinajstić information content (AvgIpc) is 2.96. The van der Waals surface area contributed by atoms with Crippen LogP contribution in [-0.4, -0.2) is 34.1 Å². The molecule has 1 N–H and O–H groups in total. The Bertz CT molecular complexity index is 870. The van der Waals surface area contributed by atoms with E-state index >= 15 is 0 Å². The van der Waals surface area contributed by atoms with E-state index in [4.69, 9.17) is 4.74 Å². The lowest BCUT2D eigenvalue weighted by Gasteiger charge is -2.08. The van der Waals surface area contributed by atoms with Crippen LogP contribution in [0.2, 0.25) is 0 Å². The van der Waals surface area contributed by atoms with Crippen LogP contribution in [0, 0.1) is 0 Å². The second-order valence-corrected chi connectivity index (χ2v) is 5.93.